The molecule has 0 spiro atoms. The van der Waals surface area contributed by atoms with Gasteiger partial charge in [0.25, 0.3) is 0 Å². The first kappa shape index (κ1) is 19.4. The molecule has 0 saturated heterocycles. The van der Waals surface area contributed by atoms with E-state index in [1.807, 2.05) is 0 Å². The van der Waals surface area contributed by atoms with Crippen LogP contribution in [0, 0.1) is 11.8 Å². The van der Waals surface area contributed by atoms with Gasteiger partial charge >= 0.3 is 0 Å². The summed E-state index contributed by atoms with van der Waals surface area (Å²) in [5.41, 5.74) is 0. The van der Waals surface area contributed by atoms with E-state index in [1.165, 1.54) is 64.2 Å². The predicted octanol–water partition coefficient (Wildman–Crippen LogP) is 4.60. The lowest BCUT2D eigenvalue weighted by atomic mass is 9.86. The second-order valence-electron chi connectivity index (χ2n) is 8.27. The van der Waals surface area contributed by atoms with E-state index >= 15 is 0 Å². The number of hydrogen-bond donors (Lipinski definition) is 1. The van der Waals surface area contributed by atoms with Crippen molar-refractivity contribution in [1.82, 2.24) is 15.5 Å². The van der Waals surface area contributed by atoms with Gasteiger partial charge in [0.15, 0.2) is 0 Å². The Hall–Kier alpha value is -1.39. The Kier molecular flexibility index (Phi) is 7.96. The van der Waals surface area contributed by atoms with Crippen molar-refractivity contribution in [3.63, 3.8) is 0 Å². The first-order valence-electron chi connectivity index (χ1n) is 10.9. The third-order valence-corrected chi connectivity index (χ3v) is 6.15. The van der Waals surface area contributed by atoms with Crippen LogP contribution < -0.4 is 5.32 Å². The Bertz CT molecular complexity index is 531. The number of aryl methyl sites for hydroxylation is 2. The highest BCUT2D eigenvalue weighted by Crippen LogP contribution is 2.28. The molecule has 26 heavy (non-hydrogen) atoms. The maximum atomic E-state index is 12.0. The van der Waals surface area contributed by atoms with Crippen molar-refractivity contribution in [3.05, 3.63) is 11.8 Å². The maximum Gasteiger partial charge on any atom is 0.220 e. The lowest BCUT2D eigenvalue weighted by Crippen LogP contribution is -2.25. The van der Waals surface area contributed by atoms with E-state index in [2.05, 4.69) is 15.5 Å². The Morgan fingerprint density at radius 3 is 2.23 bits per heavy atom. The summed E-state index contributed by atoms with van der Waals surface area (Å²) in [5, 5.41) is 11.3. The molecule has 2 aliphatic rings. The largest absolute Gasteiger partial charge is 0.425 e. The Balaban J connectivity index is 1.25. The van der Waals surface area contributed by atoms with Crippen LogP contribution in [0.4, 0.5) is 0 Å². The zero-order valence-corrected chi connectivity index (χ0v) is 16.2. The molecule has 0 radical (unpaired) electrons. The minimum absolute atomic E-state index is 0.0957. The molecule has 1 N–H and O–H groups in total. The lowest BCUT2D eigenvalue weighted by molar-refractivity contribution is -0.121. The van der Waals surface area contributed by atoms with E-state index in [0.29, 0.717) is 18.7 Å². The quantitative estimate of drug-likeness (QED) is 0.618. The van der Waals surface area contributed by atoms with Crippen molar-refractivity contribution < 1.29 is 9.21 Å². The Labute approximate surface area is 157 Å². The molecule has 2 fully saturated rings. The zero-order valence-electron chi connectivity index (χ0n) is 16.2. The fourth-order valence-corrected chi connectivity index (χ4v) is 4.52. The van der Waals surface area contributed by atoms with Crippen molar-refractivity contribution in [2.45, 2.75) is 96.3 Å². The smallest absolute Gasteiger partial charge is 0.220 e. The molecular weight excluding hydrogens is 326 g/mol. The molecule has 146 valence electrons. The van der Waals surface area contributed by atoms with Crippen LogP contribution in [-0.2, 0) is 17.6 Å². The van der Waals surface area contributed by atoms with Gasteiger partial charge in [-0.3, -0.25) is 4.79 Å². The topological polar surface area (TPSA) is 68.0 Å². The molecule has 1 aromatic rings. The van der Waals surface area contributed by atoms with Gasteiger partial charge in [-0.2, -0.15) is 0 Å². The van der Waals surface area contributed by atoms with Gasteiger partial charge in [0, 0.05) is 25.8 Å². The standard InChI is InChI=1S/C21H35N3O2/c25-19(22-16-6-11-17-9-4-5-10-17)13-15-21-24-23-20(26-21)14-12-18-7-2-1-3-8-18/h17-18H,1-16H2,(H,22,25). The van der Waals surface area contributed by atoms with Crippen LogP contribution in [-0.4, -0.2) is 22.6 Å². The molecule has 0 aliphatic heterocycles. The van der Waals surface area contributed by atoms with E-state index in [1.54, 1.807) is 0 Å². The molecule has 0 unspecified atom stereocenters. The Morgan fingerprint density at radius 1 is 0.885 bits per heavy atom. The van der Waals surface area contributed by atoms with Gasteiger partial charge in [-0.1, -0.05) is 57.8 Å². The normalized spacial score (nSPS) is 19.1. The number of nitrogens with zero attached hydrogens (tertiary/aromatic N) is 2. The number of rotatable bonds is 10. The van der Waals surface area contributed by atoms with Crippen LogP contribution in [0.2, 0.25) is 0 Å². The highest BCUT2D eigenvalue weighted by molar-refractivity contribution is 5.75. The summed E-state index contributed by atoms with van der Waals surface area (Å²) < 4.78 is 5.72. The van der Waals surface area contributed by atoms with Crippen molar-refractivity contribution in [1.29, 1.82) is 0 Å². The highest BCUT2D eigenvalue weighted by atomic mass is 16.4. The molecule has 3 rings (SSSR count). The second kappa shape index (κ2) is 10.7. The van der Waals surface area contributed by atoms with Crippen LogP contribution in [0.15, 0.2) is 4.42 Å². The number of amides is 1. The van der Waals surface area contributed by atoms with E-state index < -0.39 is 0 Å². The van der Waals surface area contributed by atoms with Crippen LogP contribution in [0.5, 0.6) is 0 Å². The van der Waals surface area contributed by atoms with Crippen molar-refractivity contribution in [3.8, 4) is 0 Å². The summed E-state index contributed by atoms with van der Waals surface area (Å²) in [6, 6.07) is 0. The van der Waals surface area contributed by atoms with E-state index in [9.17, 15) is 4.79 Å². The van der Waals surface area contributed by atoms with Gasteiger partial charge in [0.1, 0.15) is 0 Å². The van der Waals surface area contributed by atoms with Crippen molar-refractivity contribution in [2.24, 2.45) is 11.8 Å². The number of hydrogen-bond acceptors (Lipinski definition) is 4. The molecule has 1 heterocycles. The maximum absolute atomic E-state index is 12.0. The molecule has 2 aliphatic carbocycles. The van der Waals surface area contributed by atoms with Crippen LogP contribution in [0.25, 0.3) is 0 Å². The Morgan fingerprint density at radius 2 is 1.50 bits per heavy atom. The molecule has 1 amide bonds. The van der Waals surface area contributed by atoms with Gasteiger partial charge in [-0.15, -0.1) is 10.2 Å². The van der Waals surface area contributed by atoms with Gasteiger partial charge in [-0.25, -0.2) is 0 Å². The third-order valence-electron chi connectivity index (χ3n) is 6.15. The van der Waals surface area contributed by atoms with Crippen LogP contribution in [0.1, 0.15) is 95.3 Å². The van der Waals surface area contributed by atoms with E-state index in [4.69, 9.17) is 4.42 Å². The number of carbonyl (C=O) groups excluding carboxylic acids is 1. The number of carbonyl (C=O) groups is 1. The van der Waals surface area contributed by atoms with Crippen molar-refractivity contribution >= 4 is 5.91 Å². The molecule has 2 saturated carbocycles. The third kappa shape index (κ3) is 6.73. The summed E-state index contributed by atoms with van der Waals surface area (Å²) in [5.74, 6) is 3.16. The van der Waals surface area contributed by atoms with Gasteiger partial charge < -0.3 is 9.73 Å². The fraction of sp³-hybridized carbons (Fsp3) is 0.857. The first-order chi connectivity index (χ1) is 12.8. The minimum atomic E-state index is 0.0957. The average Bonchev–Trinajstić information content (AvgIpc) is 3.34. The van der Waals surface area contributed by atoms with Crippen LogP contribution in [0.3, 0.4) is 0 Å². The monoisotopic (exact) mass is 361 g/mol. The second-order valence-corrected chi connectivity index (χ2v) is 8.27. The minimum Gasteiger partial charge on any atom is -0.425 e. The van der Waals surface area contributed by atoms with Gasteiger partial charge in [0.05, 0.1) is 0 Å². The fourth-order valence-electron chi connectivity index (χ4n) is 4.52. The van der Waals surface area contributed by atoms with Crippen molar-refractivity contribution in [2.75, 3.05) is 6.54 Å². The molecule has 0 bridgehead atoms. The summed E-state index contributed by atoms with van der Waals surface area (Å²) >= 11 is 0. The molecule has 1 aromatic heterocycles. The lowest BCUT2D eigenvalue weighted by Gasteiger charge is -2.20. The average molecular weight is 362 g/mol. The summed E-state index contributed by atoms with van der Waals surface area (Å²) in [6.07, 6.45) is 17.8. The molecule has 0 aromatic carbocycles. The summed E-state index contributed by atoms with van der Waals surface area (Å²) in [6.45, 7) is 0.797. The van der Waals surface area contributed by atoms with Gasteiger partial charge in [-0.05, 0) is 31.1 Å². The molecule has 5 nitrogen and oxygen atoms in total. The number of nitrogens with one attached hydrogen (secondary N) is 1. The van der Waals surface area contributed by atoms with E-state index in [0.717, 1.165) is 43.5 Å². The number of aromatic nitrogens is 2. The molecule has 0 atom stereocenters. The summed E-state index contributed by atoms with van der Waals surface area (Å²) in [4.78, 5) is 12.0. The zero-order chi connectivity index (χ0) is 18.0. The molecular formula is C21H35N3O2. The highest BCUT2D eigenvalue weighted by Gasteiger charge is 2.16. The van der Waals surface area contributed by atoms with Crippen LogP contribution >= 0.6 is 0 Å². The predicted molar refractivity (Wildman–Crippen MR) is 102 cm³/mol. The molecule has 5 heteroatoms. The van der Waals surface area contributed by atoms with Gasteiger partial charge in [0.2, 0.25) is 17.7 Å². The first-order valence-corrected chi connectivity index (χ1v) is 10.9. The SMILES string of the molecule is O=C(CCc1nnc(CCC2CCCCC2)o1)NCCCC1CCCC1. The van der Waals surface area contributed by atoms with E-state index in [-0.39, 0.29) is 5.91 Å². The summed E-state index contributed by atoms with van der Waals surface area (Å²) in [7, 11) is 0.